The molecule has 2 rings (SSSR count). The van der Waals surface area contributed by atoms with Crippen LogP contribution >= 0.6 is 15.9 Å². The number of amides is 1. The molecule has 1 heterocycles. The minimum absolute atomic E-state index is 0.0657. The second kappa shape index (κ2) is 6.07. The van der Waals surface area contributed by atoms with Gasteiger partial charge in [-0.2, -0.15) is 0 Å². The van der Waals surface area contributed by atoms with Crippen LogP contribution in [0.15, 0.2) is 16.6 Å². The summed E-state index contributed by atoms with van der Waals surface area (Å²) in [5, 5.41) is 2.77. The van der Waals surface area contributed by atoms with Crippen molar-refractivity contribution in [1.29, 1.82) is 0 Å². The number of carbonyl (C=O) groups is 1. The van der Waals surface area contributed by atoms with Gasteiger partial charge in [-0.3, -0.25) is 4.79 Å². The van der Waals surface area contributed by atoms with Crippen LogP contribution in [0.4, 0.5) is 10.1 Å². The third kappa shape index (κ3) is 3.11. The maximum atomic E-state index is 13.2. The van der Waals surface area contributed by atoms with Crippen LogP contribution in [0.5, 0.6) is 0 Å². The number of nitrogens with one attached hydrogen (secondary N) is 1. The van der Waals surface area contributed by atoms with E-state index in [1.54, 1.807) is 7.11 Å². The summed E-state index contributed by atoms with van der Waals surface area (Å²) in [5.74, 6) is -0.905. The van der Waals surface area contributed by atoms with Gasteiger partial charge in [0.05, 0.1) is 17.9 Å². The molecule has 1 saturated heterocycles. The van der Waals surface area contributed by atoms with Crippen LogP contribution in [0.2, 0.25) is 0 Å². The number of rotatable bonds is 4. The van der Waals surface area contributed by atoms with Gasteiger partial charge < -0.3 is 20.5 Å². The van der Waals surface area contributed by atoms with Gasteiger partial charge in [0, 0.05) is 31.2 Å². The molecule has 0 bridgehead atoms. The van der Waals surface area contributed by atoms with Crippen LogP contribution in [0.3, 0.4) is 0 Å². The zero-order chi connectivity index (χ0) is 14.8. The van der Waals surface area contributed by atoms with Crippen molar-refractivity contribution in [3.05, 3.63) is 28.0 Å². The number of hydrogen-bond acceptors (Lipinski definition) is 4. The Morgan fingerprint density at radius 2 is 2.40 bits per heavy atom. The molecular weight excluding hydrogens is 331 g/mol. The molecule has 5 nitrogen and oxygen atoms in total. The summed E-state index contributed by atoms with van der Waals surface area (Å²) >= 11 is 3.15. The van der Waals surface area contributed by atoms with E-state index in [-0.39, 0.29) is 17.2 Å². The van der Waals surface area contributed by atoms with Crippen molar-refractivity contribution in [2.75, 3.05) is 32.6 Å². The van der Waals surface area contributed by atoms with Gasteiger partial charge in [-0.15, -0.1) is 0 Å². The minimum atomic E-state index is -0.564. The van der Waals surface area contributed by atoms with E-state index in [2.05, 4.69) is 21.2 Å². The fourth-order valence-electron chi connectivity index (χ4n) is 2.04. The second-order valence-electron chi connectivity index (χ2n) is 4.73. The summed E-state index contributed by atoms with van der Waals surface area (Å²) in [6.45, 7) is 1.37. The van der Waals surface area contributed by atoms with Gasteiger partial charge in [0.2, 0.25) is 0 Å². The van der Waals surface area contributed by atoms with Gasteiger partial charge in [0.1, 0.15) is 11.4 Å². The van der Waals surface area contributed by atoms with Crippen LogP contribution in [-0.4, -0.2) is 38.4 Å². The zero-order valence-corrected chi connectivity index (χ0v) is 12.6. The first kappa shape index (κ1) is 15.2. The summed E-state index contributed by atoms with van der Waals surface area (Å²) in [4.78, 5) is 12.1. The highest BCUT2D eigenvalue weighted by atomic mass is 79.9. The monoisotopic (exact) mass is 346 g/mol. The second-order valence-corrected chi connectivity index (χ2v) is 5.58. The Bertz CT molecular complexity index is 519. The first-order chi connectivity index (χ1) is 9.47. The van der Waals surface area contributed by atoms with E-state index in [1.165, 1.54) is 12.1 Å². The van der Waals surface area contributed by atoms with Crippen molar-refractivity contribution >= 4 is 27.5 Å². The molecule has 3 N–H and O–H groups in total. The summed E-state index contributed by atoms with van der Waals surface area (Å²) < 4.78 is 24.3. The Kier molecular flexibility index (Phi) is 4.62. The Labute approximate surface area is 124 Å². The number of ether oxygens (including phenoxy) is 2. The highest BCUT2D eigenvalue weighted by Gasteiger charge is 2.35. The molecule has 1 amide bonds. The molecule has 1 aromatic carbocycles. The van der Waals surface area contributed by atoms with Crippen molar-refractivity contribution in [2.45, 2.75) is 12.0 Å². The van der Waals surface area contributed by atoms with E-state index >= 15 is 0 Å². The number of nitrogens with two attached hydrogens (primary N) is 1. The Morgan fingerprint density at radius 1 is 1.65 bits per heavy atom. The largest absolute Gasteiger partial charge is 0.396 e. The van der Waals surface area contributed by atoms with Gasteiger partial charge in [-0.1, -0.05) is 0 Å². The SMILES string of the molecule is COC1(CNC(=O)c2cc(N)c(F)cc2Br)CCOC1. The van der Waals surface area contributed by atoms with E-state index in [4.69, 9.17) is 15.2 Å². The Hall–Kier alpha value is -1.18. The first-order valence-electron chi connectivity index (χ1n) is 6.13. The van der Waals surface area contributed by atoms with Gasteiger partial charge in [-0.25, -0.2) is 4.39 Å². The molecule has 0 aromatic heterocycles. The average molecular weight is 347 g/mol. The smallest absolute Gasteiger partial charge is 0.252 e. The average Bonchev–Trinajstić information content (AvgIpc) is 2.90. The summed E-state index contributed by atoms with van der Waals surface area (Å²) in [7, 11) is 1.59. The molecular formula is C13H16BrFN2O3. The van der Waals surface area contributed by atoms with Crippen molar-refractivity contribution < 1.29 is 18.7 Å². The quantitative estimate of drug-likeness (QED) is 0.814. The summed E-state index contributed by atoms with van der Waals surface area (Å²) in [5.41, 5.74) is 5.21. The van der Waals surface area contributed by atoms with Crippen molar-refractivity contribution in [1.82, 2.24) is 5.32 Å². The molecule has 0 saturated carbocycles. The normalized spacial score (nSPS) is 21.9. The lowest BCUT2D eigenvalue weighted by molar-refractivity contribution is -0.0148. The van der Waals surface area contributed by atoms with Crippen LogP contribution in [0.1, 0.15) is 16.8 Å². The van der Waals surface area contributed by atoms with Crippen LogP contribution in [-0.2, 0) is 9.47 Å². The number of methoxy groups -OCH3 is 1. The van der Waals surface area contributed by atoms with E-state index in [1.807, 2.05) is 0 Å². The molecule has 1 aliphatic rings. The molecule has 0 aliphatic carbocycles. The zero-order valence-electron chi connectivity index (χ0n) is 11.0. The molecule has 110 valence electrons. The number of nitrogen functional groups attached to an aromatic ring is 1. The highest BCUT2D eigenvalue weighted by molar-refractivity contribution is 9.10. The van der Waals surface area contributed by atoms with Crippen molar-refractivity contribution in [2.24, 2.45) is 0 Å². The lowest BCUT2D eigenvalue weighted by Crippen LogP contribution is -2.45. The fourth-order valence-corrected chi connectivity index (χ4v) is 2.53. The van der Waals surface area contributed by atoms with E-state index < -0.39 is 11.4 Å². The minimum Gasteiger partial charge on any atom is -0.396 e. The van der Waals surface area contributed by atoms with Gasteiger partial charge in [0.15, 0.2) is 0 Å². The van der Waals surface area contributed by atoms with E-state index in [0.29, 0.717) is 24.2 Å². The fraction of sp³-hybridized carbons (Fsp3) is 0.462. The molecule has 0 spiro atoms. The predicted octanol–water partition coefficient (Wildman–Crippen LogP) is 1.71. The molecule has 1 aromatic rings. The third-order valence-corrected chi connectivity index (χ3v) is 4.06. The van der Waals surface area contributed by atoms with Crippen molar-refractivity contribution in [3.8, 4) is 0 Å². The third-order valence-electron chi connectivity index (χ3n) is 3.40. The van der Waals surface area contributed by atoms with Gasteiger partial charge >= 0.3 is 0 Å². The van der Waals surface area contributed by atoms with Crippen molar-refractivity contribution in [3.63, 3.8) is 0 Å². The van der Waals surface area contributed by atoms with Gasteiger partial charge in [0.25, 0.3) is 5.91 Å². The lowest BCUT2D eigenvalue weighted by Gasteiger charge is -2.26. The van der Waals surface area contributed by atoms with Crippen LogP contribution in [0.25, 0.3) is 0 Å². The molecule has 1 fully saturated rings. The first-order valence-corrected chi connectivity index (χ1v) is 6.92. The van der Waals surface area contributed by atoms with Crippen LogP contribution in [0, 0.1) is 5.82 Å². The molecule has 1 atom stereocenters. The summed E-state index contributed by atoms with van der Waals surface area (Å²) in [6.07, 6.45) is 0.719. The van der Waals surface area contributed by atoms with Gasteiger partial charge in [-0.05, 0) is 28.1 Å². The number of halogens is 2. The number of benzene rings is 1. The Balaban J connectivity index is 2.07. The maximum Gasteiger partial charge on any atom is 0.252 e. The molecule has 0 radical (unpaired) electrons. The highest BCUT2D eigenvalue weighted by Crippen LogP contribution is 2.24. The molecule has 1 aliphatic heterocycles. The summed E-state index contributed by atoms with van der Waals surface area (Å²) in [6, 6.07) is 2.48. The standard InChI is InChI=1S/C13H16BrFN2O3/c1-19-13(2-3-20-7-13)6-17-12(18)8-4-11(16)10(15)5-9(8)14/h4-5H,2-3,6-7,16H2,1H3,(H,17,18). The lowest BCUT2D eigenvalue weighted by atomic mass is 10.0. The predicted molar refractivity (Wildman–Crippen MR) is 76.0 cm³/mol. The number of anilines is 1. The molecule has 1 unspecified atom stereocenters. The maximum absolute atomic E-state index is 13.2. The van der Waals surface area contributed by atoms with E-state index in [9.17, 15) is 9.18 Å². The molecule has 20 heavy (non-hydrogen) atoms. The number of hydrogen-bond donors (Lipinski definition) is 2. The van der Waals surface area contributed by atoms with Crippen LogP contribution < -0.4 is 11.1 Å². The number of carbonyl (C=O) groups excluding carboxylic acids is 1. The van der Waals surface area contributed by atoms with E-state index in [0.717, 1.165) is 6.42 Å². The Morgan fingerprint density at radius 3 is 3.00 bits per heavy atom. The topological polar surface area (TPSA) is 73.6 Å². The molecule has 7 heteroatoms.